The van der Waals surface area contributed by atoms with Gasteiger partial charge in [-0.15, -0.1) is 0 Å². The zero-order chi connectivity index (χ0) is 11.2. The van der Waals surface area contributed by atoms with Gasteiger partial charge >= 0.3 is 0 Å². The van der Waals surface area contributed by atoms with Crippen LogP contribution in [0, 0.1) is 0 Å². The molecule has 0 spiro atoms. The molecule has 0 radical (unpaired) electrons. The number of likely N-dealkylation sites (N-methyl/N-ethyl adjacent to an activating group) is 1. The predicted octanol–water partition coefficient (Wildman–Crippen LogP) is 1.47. The van der Waals surface area contributed by atoms with Crippen LogP contribution in [-0.2, 0) is 4.74 Å². The van der Waals surface area contributed by atoms with E-state index in [0.29, 0.717) is 19.2 Å². The standard InChI is InChI=1S/C11H26N2O/c1-6-11(8-12,9-14-5)13(7-2)10(3)4/h10H,6-9,12H2,1-5H3. The van der Waals surface area contributed by atoms with E-state index in [4.69, 9.17) is 10.5 Å². The van der Waals surface area contributed by atoms with Crippen LogP contribution < -0.4 is 5.73 Å². The second-order valence-electron chi connectivity index (χ2n) is 4.09. The Morgan fingerprint density at radius 1 is 1.36 bits per heavy atom. The van der Waals surface area contributed by atoms with Crippen molar-refractivity contribution in [2.75, 3.05) is 26.8 Å². The Morgan fingerprint density at radius 2 is 1.93 bits per heavy atom. The Labute approximate surface area is 88.6 Å². The average Bonchev–Trinajstić information content (AvgIpc) is 2.17. The summed E-state index contributed by atoms with van der Waals surface area (Å²) in [5.41, 5.74) is 5.91. The van der Waals surface area contributed by atoms with Gasteiger partial charge in [-0.2, -0.15) is 0 Å². The van der Waals surface area contributed by atoms with Gasteiger partial charge in [0.05, 0.1) is 12.1 Å². The van der Waals surface area contributed by atoms with Crippen LogP contribution in [-0.4, -0.2) is 43.3 Å². The largest absolute Gasteiger partial charge is 0.383 e. The summed E-state index contributed by atoms with van der Waals surface area (Å²) in [5, 5.41) is 0. The van der Waals surface area contributed by atoms with Gasteiger partial charge in [0.15, 0.2) is 0 Å². The van der Waals surface area contributed by atoms with Crippen molar-refractivity contribution in [1.82, 2.24) is 4.90 Å². The van der Waals surface area contributed by atoms with Crippen molar-refractivity contribution in [2.45, 2.75) is 45.7 Å². The minimum atomic E-state index is 0.0116. The number of ether oxygens (including phenoxy) is 1. The van der Waals surface area contributed by atoms with E-state index in [0.717, 1.165) is 13.0 Å². The quantitative estimate of drug-likeness (QED) is 0.679. The van der Waals surface area contributed by atoms with Gasteiger partial charge < -0.3 is 10.5 Å². The van der Waals surface area contributed by atoms with Crippen molar-refractivity contribution < 1.29 is 4.74 Å². The lowest BCUT2D eigenvalue weighted by Crippen LogP contribution is -2.58. The molecule has 0 fully saturated rings. The molecule has 1 unspecified atom stereocenters. The van der Waals surface area contributed by atoms with E-state index in [-0.39, 0.29) is 5.54 Å². The van der Waals surface area contributed by atoms with E-state index in [1.54, 1.807) is 7.11 Å². The Hall–Kier alpha value is -0.120. The first-order chi connectivity index (χ1) is 6.57. The molecule has 2 N–H and O–H groups in total. The van der Waals surface area contributed by atoms with Crippen molar-refractivity contribution in [1.29, 1.82) is 0 Å². The summed E-state index contributed by atoms with van der Waals surface area (Å²) in [4.78, 5) is 2.43. The summed E-state index contributed by atoms with van der Waals surface area (Å²) in [6, 6.07) is 0.513. The lowest BCUT2D eigenvalue weighted by atomic mass is 9.93. The number of methoxy groups -OCH3 is 1. The highest BCUT2D eigenvalue weighted by Crippen LogP contribution is 2.21. The number of hydrogen-bond donors (Lipinski definition) is 1. The Kier molecular flexibility index (Phi) is 6.33. The van der Waals surface area contributed by atoms with Crippen molar-refractivity contribution >= 4 is 0 Å². The number of hydrogen-bond acceptors (Lipinski definition) is 3. The third-order valence-electron chi connectivity index (χ3n) is 3.02. The first-order valence-corrected chi connectivity index (χ1v) is 5.53. The molecule has 0 aromatic carbocycles. The molecular weight excluding hydrogens is 176 g/mol. The molecule has 0 aromatic rings. The van der Waals surface area contributed by atoms with Gasteiger partial charge in [-0.25, -0.2) is 0 Å². The molecule has 0 aliphatic heterocycles. The van der Waals surface area contributed by atoms with Gasteiger partial charge in [-0.3, -0.25) is 4.90 Å². The molecule has 0 aromatic heterocycles. The van der Waals surface area contributed by atoms with E-state index in [1.807, 2.05) is 0 Å². The fourth-order valence-corrected chi connectivity index (χ4v) is 2.23. The van der Waals surface area contributed by atoms with Crippen LogP contribution in [0.15, 0.2) is 0 Å². The highest BCUT2D eigenvalue weighted by Gasteiger charge is 2.34. The summed E-state index contributed by atoms with van der Waals surface area (Å²) >= 11 is 0. The van der Waals surface area contributed by atoms with Gasteiger partial charge in [0.25, 0.3) is 0 Å². The molecule has 3 nitrogen and oxygen atoms in total. The van der Waals surface area contributed by atoms with E-state index >= 15 is 0 Å². The predicted molar refractivity (Wildman–Crippen MR) is 61.5 cm³/mol. The van der Waals surface area contributed by atoms with E-state index < -0.39 is 0 Å². The van der Waals surface area contributed by atoms with Crippen molar-refractivity contribution in [2.24, 2.45) is 5.73 Å². The summed E-state index contributed by atoms with van der Waals surface area (Å²) in [6.07, 6.45) is 1.03. The van der Waals surface area contributed by atoms with Crippen molar-refractivity contribution in [3.8, 4) is 0 Å². The molecule has 0 amide bonds. The maximum atomic E-state index is 5.90. The van der Waals surface area contributed by atoms with Crippen molar-refractivity contribution in [3.05, 3.63) is 0 Å². The Balaban J connectivity index is 4.72. The lowest BCUT2D eigenvalue weighted by Gasteiger charge is -2.44. The minimum absolute atomic E-state index is 0.0116. The summed E-state index contributed by atoms with van der Waals surface area (Å²) in [7, 11) is 1.74. The van der Waals surface area contributed by atoms with Crippen LogP contribution in [0.1, 0.15) is 34.1 Å². The maximum Gasteiger partial charge on any atom is 0.0659 e. The van der Waals surface area contributed by atoms with Crippen molar-refractivity contribution in [3.63, 3.8) is 0 Å². The topological polar surface area (TPSA) is 38.5 Å². The van der Waals surface area contributed by atoms with E-state index in [2.05, 4.69) is 32.6 Å². The van der Waals surface area contributed by atoms with Crippen LogP contribution in [0.5, 0.6) is 0 Å². The highest BCUT2D eigenvalue weighted by molar-refractivity contribution is 4.91. The molecule has 1 atom stereocenters. The second kappa shape index (κ2) is 6.38. The van der Waals surface area contributed by atoms with Crippen LogP contribution in [0.4, 0.5) is 0 Å². The molecular formula is C11H26N2O. The zero-order valence-corrected chi connectivity index (χ0v) is 10.3. The van der Waals surface area contributed by atoms with Crippen LogP contribution in [0.25, 0.3) is 0 Å². The van der Waals surface area contributed by atoms with Crippen LogP contribution in [0.2, 0.25) is 0 Å². The summed E-state index contributed by atoms with van der Waals surface area (Å²) in [5.74, 6) is 0. The summed E-state index contributed by atoms with van der Waals surface area (Å²) in [6.45, 7) is 11.2. The minimum Gasteiger partial charge on any atom is -0.383 e. The molecule has 0 aliphatic rings. The Bertz CT molecular complexity index is 144. The third kappa shape index (κ3) is 2.94. The molecule has 14 heavy (non-hydrogen) atoms. The van der Waals surface area contributed by atoms with E-state index in [9.17, 15) is 0 Å². The second-order valence-corrected chi connectivity index (χ2v) is 4.09. The smallest absolute Gasteiger partial charge is 0.0659 e. The molecule has 0 aliphatic carbocycles. The lowest BCUT2D eigenvalue weighted by molar-refractivity contribution is -0.00350. The first kappa shape index (κ1) is 13.9. The van der Waals surface area contributed by atoms with Gasteiger partial charge in [-0.05, 0) is 26.8 Å². The average molecular weight is 202 g/mol. The number of nitrogens with two attached hydrogens (primary N) is 1. The molecule has 0 saturated carbocycles. The maximum absolute atomic E-state index is 5.90. The van der Waals surface area contributed by atoms with Gasteiger partial charge in [0.2, 0.25) is 0 Å². The van der Waals surface area contributed by atoms with E-state index in [1.165, 1.54) is 0 Å². The molecule has 0 bridgehead atoms. The van der Waals surface area contributed by atoms with Gasteiger partial charge in [0.1, 0.15) is 0 Å². The fraction of sp³-hybridized carbons (Fsp3) is 1.00. The first-order valence-electron chi connectivity index (χ1n) is 5.53. The molecule has 0 rings (SSSR count). The number of rotatable bonds is 7. The molecule has 0 heterocycles. The normalized spacial score (nSPS) is 16.3. The fourth-order valence-electron chi connectivity index (χ4n) is 2.23. The zero-order valence-electron chi connectivity index (χ0n) is 10.3. The molecule has 86 valence electrons. The highest BCUT2D eigenvalue weighted by atomic mass is 16.5. The third-order valence-corrected chi connectivity index (χ3v) is 3.02. The van der Waals surface area contributed by atoms with Gasteiger partial charge in [-0.1, -0.05) is 13.8 Å². The monoisotopic (exact) mass is 202 g/mol. The molecule has 3 heteroatoms. The van der Waals surface area contributed by atoms with Gasteiger partial charge in [0, 0.05) is 19.7 Å². The Morgan fingerprint density at radius 3 is 2.14 bits per heavy atom. The SMILES string of the molecule is CCN(C(C)C)C(CC)(CN)COC. The number of nitrogens with zero attached hydrogens (tertiary/aromatic N) is 1. The van der Waals surface area contributed by atoms with Crippen LogP contribution >= 0.6 is 0 Å². The summed E-state index contributed by atoms with van der Waals surface area (Å²) < 4.78 is 5.30. The van der Waals surface area contributed by atoms with Crippen LogP contribution in [0.3, 0.4) is 0 Å². The molecule has 0 saturated heterocycles.